The Balaban J connectivity index is 4.31. The topological polar surface area (TPSA) is 172 Å². The Morgan fingerprint density at radius 3 is 1.43 bits per heavy atom. The zero-order valence-electron chi connectivity index (χ0n) is 33.6. The van der Waals surface area contributed by atoms with Crippen LogP contribution in [0.25, 0.3) is 0 Å². The first-order valence-corrected chi connectivity index (χ1v) is 22.7. The second-order valence-electron chi connectivity index (χ2n) is 14.5. The molecule has 0 aromatic carbocycles. The summed E-state index contributed by atoms with van der Waals surface area (Å²) >= 11 is 0. The van der Waals surface area contributed by atoms with Gasteiger partial charge in [0.1, 0.15) is 12.6 Å². The highest BCUT2D eigenvalue weighted by atomic mass is 31.2. The van der Waals surface area contributed by atoms with Gasteiger partial charge in [0.25, 0.3) is 0 Å². The van der Waals surface area contributed by atoms with Gasteiger partial charge in [0, 0.05) is 12.8 Å². The molecule has 0 aliphatic carbocycles. The van der Waals surface area contributed by atoms with Gasteiger partial charge in [0.2, 0.25) is 0 Å². The van der Waals surface area contributed by atoms with E-state index in [2.05, 4.69) is 30.5 Å². The molecule has 312 valence electrons. The second kappa shape index (κ2) is 37.2. The number of hydrogen-bond acceptors (Lipinski definition) is 9. The molecule has 53 heavy (non-hydrogen) atoms. The smallest absolute Gasteiger partial charge is 0.472 e. The number of hydrogen-bond donors (Lipinski definition) is 3. The van der Waals surface area contributed by atoms with E-state index in [1.165, 1.54) is 103 Å². The molecule has 0 fully saturated rings. The summed E-state index contributed by atoms with van der Waals surface area (Å²) in [4.78, 5) is 45.8. The lowest BCUT2D eigenvalue weighted by molar-refractivity contribution is -0.161. The van der Waals surface area contributed by atoms with Crippen molar-refractivity contribution in [2.75, 3.05) is 19.8 Å². The molecule has 0 aromatic heterocycles. The van der Waals surface area contributed by atoms with E-state index in [4.69, 9.17) is 24.8 Å². The molecule has 0 saturated carbocycles. The fourth-order valence-electron chi connectivity index (χ4n) is 5.87. The molecule has 3 atom stereocenters. The molecule has 0 rings (SSSR count). The summed E-state index contributed by atoms with van der Waals surface area (Å²) in [7, 11) is -4.71. The highest BCUT2D eigenvalue weighted by molar-refractivity contribution is 7.47. The predicted molar refractivity (Wildman–Crippen MR) is 213 cm³/mol. The number of nitrogens with two attached hydrogens (primary N) is 1. The van der Waals surface area contributed by atoms with Gasteiger partial charge in [-0.3, -0.25) is 23.4 Å². The molecule has 0 aromatic rings. The third-order valence-corrected chi connectivity index (χ3v) is 10.2. The maximum absolute atomic E-state index is 12.6. The minimum Gasteiger partial charge on any atom is -0.480 e. The molecular formula is C41H78NO10P. The van der Waals surface area contributed by atoms with Gasteiger partial charge in [-0.05, 0) is 32.1 Å². The molecule has 0 bridgehead atoms. The number of carbonyl (C=O) groups is 3. The summed E-state index contributed by atoms with van der Waals surface area (Å²) in [6.45, 7) is 2.77. The van der Waals surface area contributed by atoms with Gasteiger partial charge in [0.05, 0.1) is 13.2 Å². The minimum absolute atomic E-state index is 0.165. The van der Waals surface area contributed by atoms with Crippen molar-refractivity contribution >= 4 is 25.7 Å². The number of allylic oxidation sites excluding steroid dienone is 2. The second-order valence-corrected chi connectivity index (χ2v) is 15.9. The number of carboxylic acid groups (broad SMARTS) is 1. The Labute approximate surface area is 322 Å². The largest absolute Gasteiger partial charge is 0.480 e. The van der Waals surface area contributed by atoms with Crippen molar-refractivity contribution in [1.82, 2.24) is 0 Å². The Hall–Kier alpha value is -1.78. The highest BCUT2D eigenvalue weighted by Crippen LogP contribution is 2.43. The van der Waals surface area contributed by atoms with E-state index < -0.39 is 51.1 Å². The molecule has 4 N–H and O–H groups in total. The quantitative estimate of drug-likeness (QED) is 0.0234. The lowest BCUT2D eigenvalue weighted by Gasteiger charge is -2.20. The van der Waals surface area contributed by atoms with Crippen LogP contribution in [0.15, 0.2) is 12.2 Å². The zero-order chi connectivity index (χ0) is 39.3. The van der Waals surface area contributed by atoms with Crippen LogP contribution < -0.4 is 5.73 Å². The zero-order valence-corrected chi connectivity index (χ0v) is 34.5. The third kappa shape index (κ3) is 36.9. The van der Waals surface area contributed by atoms with Crippen LogP contribution in [0.3, 0.4) is 0 Å². The van der Waals surface area contributed by atoms with Gasteiger partial charge in [0.15, 0.2) is 6.10 Å². The molecule has 0 radical (unpaired) electrons. The van der Waals surface area contributed by atoms with E-state index in [0.717, 1.165) is 57.8 Å². The van der Waals surface area contributed by atoms with Crippen molar-refractivity contribution in [2.45, 2.75) is 212 Å². The molecule has 0 heterocycles. The number of carboxylic acids is 1. The SMILES string of the molecule is CCCC/C=C/CCCCCCCC(=O)OC[C@@H](COP(=O)(O)OC[C@H](N)C(=O)O)OC(=O)CCCCCCCCCCCCCCCCCCCC. The number of unbranched alkanes of at least 4 members (excludes halogenated alkanes) is 24. The van der Waals surface area contributed by atoms with Crippen LogP contribution in [0.4, 0.5) is 0 Å². The van der Waals surface area contributed by atoms with Gasteiger partial charge < -0.3 is 25.2 Å². The summed E-state index contributed by atoms with van der Waals surface area (Å²) in [5.41, 5.74) is 5.32. The number of ether oxygens (including phenoxy) is 2. The molecule has 0 saturated heterocycles. The van der Waals surface area contributed by atoms with Gasteiger partial charge in [-0.25, -0.2) is 4.57 Å². The van der Waals surface area contributed by atoms with Crippen LogP contribution in [0.5, 0.6) is 0 Å². The van der Waals surface area contributed by atoms with Gasteiger partial charge in [-0.15, -0.1) is 0 Å². The molecule has 11 nitrogen and oxygen atoms in total. The number of esters is 2. The third-order valence-electron chi connectivity index (χ3n) is 9.26. The van der Waals surface area contributed by atoms with Crippen molar-refractivity contribution in [1.29, 1.82) is 0 Å². The molecule has 0 spiro atoms. The summed E-state index contributed by atoms with van der Waals surface area (Å²) in [6, 6.07) is -1.52. The summed E-state index contributed by atoms with van der Waals surface area (Å²) in [6.07, 6.45) is 35.7. The molecule has 0 aliphatic heterocycles. The van der Waals surface area contributed by atoms with E-state index in [1.807, 2.05) is 0 Å². The van der Waals surface area contributed by atoms with Crippen molar-refractivity contribution in [3.63, 3.8) is 0 Å². The number of carbonyl (C=O) groups excluding carboxylic acids is 2. The number of aliphatic carboxylic acids is 1. The van der Waals surface area contributed by atoms with Crippen molar-refractivity contribution in [2.24, 2.45) is 5.73 Å². The van der Waals surface area contributed by atoms with Crippen LogP contribution in [0.1, 0.15) is 200 Å². The predicted octanol–water partition coefficient (Wildman–Crippen LogP) is 10.9. The number of phosphoric acid groups is 1. The van der Waals surface area contributed by atoms with Crippen LogP contribution in [-0.4, -0.2) is 59.9 Å². The van der Waals surface area contributed by atoms with Crippen LogP contribution in [-0.2, 0) is 37.5 Å². The van der Waals surface area contributed by atoms with Gasteiger partial charge in [-0.1, -0.05) is 167 Å². The van der Waals surface area contributed by atoms with Crippen molar-refractivity contribution < 1.29 is 47.5 Å². The first-order chi connectivity index (χ1) is 25.6. The van der Waals surface area contributed by atoms with E-state index >= 15 is 0 Å². The number of rotatable bonds is 40. The molecular weight excluding hydrogens is 697 g/mol. The highest BCUT2D eigenvalue weighted by Gasteiger charge is 2.28. The fraction of sp³-hybridized carbons (Fsp3) is 0.878. The standard InChI is InChI=1S/C41H78NO10P/c1-3-5-7-9-11-13-15-16-17-18-19-20-21-23-25-27-29-31-33-40(44)52-37(35-50-53(47,48)51-36-38(42)41(45)46)34-49-39(43)32-30-28-26-24-22-14-12-10-8-6-4-2/h10,12,37-38H,3-9,11,13-36,42H2,1-2H3,(H,45,46)(H,47,48)/b12-10+/t37-,38-/m0/s1. The van der Waals surface area contributed by atoms with Gasteiger partial charge in [-0.2, -0.15) is 0 Å². The summed E-state index contributed by atoms with van der Waals surface area (Å²) < 4.78 is 32.6. The maximum atomic E-state index is 12.6. The molecule has 0 amide bonds. The minimum atomic E-state index is -4.71. The Morgan fingerprint density at radius 2 is 0.962 bits per heavy atom. The Kier molecular flexibility index (Phi) is 35.9. The average molecular weight is 776 g/mol. The van der Waals surface area contributed by atoms with E-state index in [9.17, 15) is 23.8 Å². The first-order valence-electron chi connectivity index (χ1n) is 21.2. The fourth-order valence-corrected chi connectivity index (χ4v) is 6.65. The first kappa shape index (κ1) is 51.2. The normalized spacial score (nSPS) is 13.9. The van der Waals surface area contributed by atoms with Gasteiger partial charge >= 0.3 is 25.7 Å². The molecule has 1 unspecified atom stereocenters. The lowest BCUT2D eigenvalue weighted by Crippen LogP contribution is -2.34. The Morgan fingerprint density at radius 1 is 0.566 bits per heavy atom. The molecule has 12 heteroatoms. The van der Waals surface area contributed by atoms with E-state index in [1.54, 1.807) is 0 Å². The van der Waals surface area contributed by atoms with E-state index in [0.29, 0.717) is 12.8 Å². The summed E-state index contributed by atoms with van der Waals surface area (Å²) in [5.74, 6) is -2.38. The van der Waals surface area contributed by atoms with Crippen LogP contribution >= 0.6 is 7.82 Å². The van der Waals surface area contributed by atoms with Crippen molar-refractivity contribution in [3.05, 3.63) is 12.2 Å². The Bertz CT molecular complexity index is 963. The maximum Gasteiger partial charge on any atom is 0.472 e. The summed E-state index contributed by atoms with van der Waals surface area (Å²) in [5, 5.41) is 8.87. The molecule has 0 aliphatic rings. The van der Waals surface area contributed by atoms with Crippen molar-refractivity contribution in [3.8, 4) is 0 Å². The number of phosphoric ester groups is 1. The van der Waals surface area contributed by atoms with Crippen LogP contribution in [0.2, 0.25) is 0 Å². The van der Waals surface area contributed by atoms with E-state index in [-0.39, 0.29) is 19.4 Å². The monoisotopic (exact) mass is 776 g/mol. The van der Waals surface area contributed by atoms with Crippen LogP contribution in [0, 0.1) is 0 Å². The average Bonchev–Trinajstić information content (AvgIpc) is 3.13. The lowest BCUT2D eigenvalue weighted by atomic mass is 10.0.